The van der Waals surface area contributed by atoms with Gasteiger partial charge in [0.2, 0.25) is 0 Å². The summed E-state index contributed by atoms with van der Waals surface area (Å²) >= 11 is 0. The monoisotopic (exact) mass is 307 g/mol. The molecule has 0 aromatic heterocycles. The van der Waals surface area contributed by atoms with Crippen LogP contribution < -0.4 is 5.32 Å². The van der Waals surface area contributed by atoms with Gasteiger partial charge in [0.15, 0.2) is 0 Å². The lowest BCUT2D eigenvalue weighted by Gasteiger charge is -2.29. The van der Waals surface area contributed by atoms with Gasteiger partial charge in [-0.15, -0.1) is 0 Å². The number of aliphatic hydroxyl groups excluding tert-OH is 1. The first-order chi connectivity index (χ1) is 11.3. The number of benzene rings is 2. The quantitative estimate of drug-likeness (QED) is 0.884. The predicted octanol–water partition coefficient (Wildman–Crippen LogP) is 3.65. The van der Waals surface area contributed by atoms with E-state index in [-0.39, 0.29) is 11.5 Å². The topological polar surface area (TPSA) is 32.3 Å². The summed E-state index contributed by atoms with van der Waals surface area (Å²) in [7, 11) is 0. The van der Waals surface area contributed by atoms with Gasteiger partial charge in [0.25, 0.3) is 0 Å². The van der Waals surface area contributed by atoms with Crippen LogP contribution in [0.5, 0.6) is 0 Å². The second kappa shape index (κ2) is 6.10. The van der Waals surface area contributed by atoms with E-state index in [1.54, 1.807) is 0 Å². The van der Waals surface area contributed by atoms with E-state index in [4.69, 9.17) is 0 Å². The Labute approximate surface area is 138 Å². The normalized spacial score (nSPS) is 23.1. The number of fused-ring (bicyclic) bond motifs is 1. The van der Waals surface area contributed by atoms with E-state index < -0.39 is 0 Å². The van der Waals surface area contributed by atoms with Gasteiger partial charge < -0.3 is 10.4 Å². The van der Waals surface area contributed by atoms with Crippen molar-refractivity contribution in [2.75, 3.05) is 6.54 Å². The minimum absolute atomic E-state index is 0.0539. The molecule has 0 aliphatic heterocycles. The minimum atomic E-state index is -0.341. The van der Waals surface area contributed by atoms with Gasteiger partial charge in [0.1, 0.15) is 0 Å². The Morgan fingerprint density at radius 1 is 1.00 bits per heavy atom. The van der Waals surface area contributed by atoms with Gasteiger partial charge in [-0.25, -0.2) is 0 Å². The number of hydrogen-bond acceptors (Lipinski definition) is 2. The molecule has 0 bridgehead atoms. The summed E-state index contributed by atoms with van der Waals surface area (Å²) in [4.78, 5) is 0. The van der Waals surface area contributed by atoms with Crippen LogP contribution >= 0.6 is 0 Å². The zero-order valence-electron chi connectivity index (χ0n) is 13.5. The summed E-state index contributed by atoms with van der Waals surface area (Å²) in [6.45, 7) is 0.926. The number of aliphatic hydroxyl groups is 1. The Morgan fingerprint density at radius 3 is 2.43 bits per heavy atom. The summed E-state index contributed by atoms with van der Waals surface area (Å²) < 4.78 is 0. The molecular formula is C21H25NO. The molecule has 2 aromatic rings. The Morgan fingerprint density at radius 2 is 1.70 bits per heavy atom. The van der Waals surface area contributed by atoms with Crippen molar-refractivity contribution in [3.63, 3.8) is 0 Å². The molecule has 0 radical (unpaired) electrons. The maximum absolute atomic E-state index is 10.8. The highest BCUT2D eigenvalue weighted by Crippen LogP contribution is 2.54. The Bertz CT molecular complexity index is 663. The Hall–Kier alpha value is -1.64. The number of nitrogens with one attached hydrogen (secondary N) is 1. The van der Waals surface area contributed by atoms with Crippen LogP contribution in [0.3, 0.4) is 0 Å². The lowest BCUT2D eigenvalue weighted by atomic mass is 9.87. The van der Waals surface area contributed by atoms with Gasteiger partial charge in [0, 0.05) is 18.0 Å². The molecule has 2 aromatic carbocycles. The van der Waals surface area contributed by atoms with Crippen LogP contribution in [0.25, 0.3) is 0 Å². The second-order valence-corrected chi connectivity index (χ2v) is 7.26. The van der Waals surface area contributed by atoms with E-state index >= 15 is 0 Å². The molecule has 0 saturated heterocycles. The maximum Gasteiger partial charge on any atom is 0.0858 e. The smallest absolute Gasteiger partial charge is 0.0858 e. The Kier molecular flexibility index (Phi) is 3.96. The van der Waals surface area contributed by atoms with E-state index in [0.717, 1.165) is 31.4 Å². The van der Waals surface area contributed by atoms with Crippen molar-refractivity contribution in [3.8, 4) is 0 Å². The van der Waals surface area contributed by atoms with Gasteiger partial charge in [-0.05, 0) is 48.8 Å². The van der Waals surface area contributed by atoms with Crippen LogP contribution in [-0.2, 0) is 12.8 Å². The summed E-state index contributed by atoms with van der Waals surface area (Å²) in [6.07, 6.45) is 5.40. The predicted molar refractivity (Wildman–Crippen MR) is 93.3 cm³/mol. The highest BCUT2D eigenvalue weighted by Gasteiger charge is 2.49. The lowest BCUT2D eigenvalue weighted by molar-refractivity contribution is 0.0895. The van der Waals surface area contributed by atoms with Crippen molar-refractivity contribution < 1.29 is 5.11 Å². The van der Waals surface area contributed by atoms with Crippen LogP contribution in [0.2, 0.25) is 0 Å². The summed E-state index contributed by atoms with van der Waals surface area (Å²) in [5, 5.41) is 14.5. The SMILES string of the molecule is O[C@@H](c1ccccc1)C1(CN[C@H]2CCc3ccccc3C2)CC1. The van der Waals surface area contributed by atoms with E-state index in [2.05, 4.69) is 29.6 Å². The summed E-state index contributed by atoms with van der Waals surface area (Å²) in [6, 6.07) is 19.5. The van der Waals surface area contributed by atoms with Gasteiger partial charge >= 0.3 is 0 Å². The van der Waals surface area contributed by atoms with Crippen molar-refractivity contribution in [1.29, 1.82) is 0 Å². The van der Waals surface area contributed by atoms with Crippen molar-refractivity contribution in [2.45, 2.75) is 44.2 Å². The van der Waals surface area contributed by atoms with E-state index in [1.165, 1.54) is 24.0 Å². The van der Waals surface area contributed by atoms with Crippen molar-refractivity contribution in [2.24, 2.45) is 5.41 Å². The third-order valence-electron chi connectivity index (χ3n) is 5.68. The second-order valence-electron chi connectivity index (χ2n) is 7.26. The molecule has 2 heteroatoms. The molecule has 2 nitrogen and oxygen atoms in total. The zero-order chi connectivity index (χ0) is 15.7. The van der Waals surface area contributed by atoms with Gasteiger partial charge in [-0.1, -0.05) is 54.6 Å². The summed E-state index contributed by atoms with van der Waals surface area (Å²) in [5.74, 6) is 0. The largest absolute Gasteiger partial charge is 0.388 e. The zero-order valence-corrected chi connectivity index (χ0v) is 13.5. The van der Waals surface area contributed by atoms with E-state index in [1.807, 2.05) is 30.3 Å². The molecule has 2 aliphatic rings. The molecule has 23 heavy (non-hydrogen) atoms. The van der Waals surface area contributed by atoms with Crippen LogP contribution in [0.1, 0.15) is 42.1 Å². The first-order valence-corrected chi connectivity index (χ1v) is 8.80. The van der Waals surface area contributed by atoms with Crippen molar-refractivity contribution >= 4 is 0 Å². The molecule has 0 unspecified atom stereocenters. The third-order valence-corrected chi connectivity index (χ3v) is 5.68. The van der Waals surface area contributed by atoms with E-state index in [9.17, 15) is 5.11 Å². The average molecular weight is 307 g/mol. The fourth-order valence-corrected chi connectivity index (χ4v) is 3.92. The minimum Gasteiger partial charge on any atom is -0.388 e. The van der Waals surface area contributed by atoms with E-state index in [0.29, 0.717) is 6.04 Å². The van der Waals surface area contributed by atoms with Crippen LogP contribution in [0.15, 0.2) is 54.6 Å². The molecule has 2 aliphatic carbocycles. The highest BCUT2D eigenvalue weighted by molar-refractivity contribution is 5.30. The molecule has 0 spiro atoms. The fourth-order valence-electron chi connectivity index (χ4n) is 3.92. The molecule has 1 saturated carbocycles. The molecular weight excluding hydrogens is 282 g/mol. The fraction of sp³-hybridized carbons (Fsp3) is 0.429. The average Bonchev–Trinajstić information content (AvgIpc) is 3.41. The van der Waals surface area contributed by atoms with Gasteiger partial charge in [-0.2, -0.15) is 0 Å². The summed E-state index contributed by atoms with van der Waals surface area (Å²) in [5.41, 5.74) is 4.11. The number of aryl methyl sites for hydroxylation is 1. The molecule has 0 amide bonds. The standard InChI is InChI=1S/C21H25NO/c23-20(17-7-2-1-3-8-17)21(12-13-21)15-22-19-11-10-16-6-4-5-9-18(16)14-19/h1-9,19-20,22-23H,10-15H2/t19-,20-/m0/s1. The van der Waals surface area contributed by atoms with Crippen LogP contribution in [0.4, 0.5) is 0 Å². The number of rotatable bonds is 5. The van der Waals surface area contributed by atoms with Crippen molar-refractivity contribution in [1.82, 2.24) is 5.32 Å². The molecule has 1 fully saturated rings. The third kappa shape index (κ3) is 3.06. The molecule has 2 atom stereocenters. The van der Waals surface area contributed by atoms with Crippen LogP contribution in [-0.4, -0.2) is 17.7 Å². The number of hydrogen-bond donors (Lipinski definition) is 2. The van der Waals surface area contributed by atoms with Gasteiger partial charge in [-0.3, -0.25) is 0 Å². The van der Waals surface area contributed by atoms with Crippen molar-refractivity contribution in [3.05, 3.63) is 71.3 Å². The molecule has 2 N–H and O–H groups in total. The van der Waals surface area contributed by atoms with Gasteiger partial charge in [0.05, 0.1) is 6.10 Å². The molecule has 120 valence electrons. The molecule has 4 rings (SSSR count). The highest BCUT2D eigenvalue weighted by atomic mass is 16.3. The lowest BCUT2D eigenvalue weighted by Crippen LogP contribution is -2.39. The first-order valence-electron chi connectivity index (χ1n) is 8.80. The Balaban J connectivity index is 1.38. The first kappa shape index (κ1) is 14.9. The maximum atomic E-state index is 10.8. The molecule has 0 heterocycles. The van der Waals surface area contributed by atoms with Crippen LogP contribution in [0, 0.1) is 5.41 Å².